The van der Waals surface area contributed by atoms with Crippen molar-refractivity contribution in [1.82, 2.24) is 0 Å². The number of hydrogen-bond acceptors (Lipinski definition) is 2. The lowest BCUT2D eigenvalue weighted by atomic mass is 10.1. The smallest absolute Gasteiger partial charge is 0.146 e. The summed E-state index contributed by atoms with van der Waals surface area (Å²) in [7, 11) is 0. The van der Waals surface area contributed by atoms with Crippen LogP contribution in [0.5, 0.6) is 11.5 Å². The molecule has 2 N–H and O–H groups in total. The van der Waals surface area contributed by atoms with Crippen LogP contribution in [-0.2, 0) is 6.54 Å². The molecule has 0 saturated heterocycles. The highest BCUT2D eigenvalue weighted by molar-refractivity contribution is 6.35. The first-order chi connectivity index (χ1) is 8.60. The Kier molecular flexibility index (Phi) is 5.95. The summed E-state index contributed by atoms with van der Waals surface area (Å²) in [5.74, 6) is 1.35. The number of rotatable bonds is 3. The van der Waals surface area contributed by atoms with E-state index in [0.29, 0.717) is 22.3 Å². The van der Waals surface area contributed by atoms with Gasteiger partial charge in [-0.15, -0.1) is 12.4 Å². The van der Waals surface area contributed by atoms with Crippen molar-refractivity contribution in [2.75, 3.05) is 0 Å². The van der Waals surface area contributed by atoms with Crippen LogP contribution in [0.15, 0.2) is 36.4 Å². The average Bonchev–Trinajstić information content (AvgIpc) is 2.34. The third-order valence-corrected chi connectivity index (χ3v) is 3.12. The minimum Gasteiger partial charge on any atom is -0.456 e. The summed E-state index contributed by atoms with van der Waals surface area (Å²) in [6.45, 7) is 2.49. The molecule has 0 saturated carbocycles. The van der Waals surface area contributed by atoms with Crippen molar-refractivity contribution >= 4 is 35.6 Å². The maximum atomic E-state index is 6.06. The van der Waals surface area contributed by atoms with Crippen molar-refractivity contribution in [3.63, 3.8) is 0 Å². The SMILES string of the molecule is Cc1cc(CN)ccc1Oc1ccc(Cl)cc1Cl.Cl. The Balaban J connectivity index is 0.00000180. The second-order valence-electron chi connectivity index (χ2n) is 3.98. The first-order valence-corrected chi connectivity index (χ1v) is 6.28. The Labute approximate surface area is 128 Å². The van der Waals surface area contributed by atoms with Crippen LogP contribution in [0.1, 0.15) is 11.1 Å². The highest BCUT2D eigenvalue weighted by Gasteiger charge is 2.06. The van der Waals surface area contributed by atoms with Gasteiger partial charge in [-0.3, -0.25) is 0 Å². The van der Waals surface area contributed by atoms with E-state index >= 15 is 0 Å². The van der Waals surface area contributed by atoms with Gasteiger partial charge in [-0.05, 0) is 42.3 Å². The summed E-state index contributed by atoms with van der Waals surface area (Å²) in [6.07, 6.45) is 0. The van der Waals surface area contributed by atoms with Gasteiger partial charge in [0, 0.05) is 11.6 Å². The molecule has 19 heavy (non-hydrogen) atoms. The zero-order chi connectivity index (χ0) is 13.1. The van der Waals surface area contributed by atoms with Gasteiger partial charge in [-0.1, -0.05) is 35.3 Å². The van der Waals surface area contributed by atoms with Gasteiger partial charge < -0.3 is 10.5 Å². The van der Waals surface area contributed by atoms with Crippen LogP contribution >= 0.6 is 35.6 Å². The van der Waals surface area contributed by atoms with Crippen LogP contribution in [0.2, 0.25) is 10.0 Å². The van der Waals surface area contributed by atoms with E-state index in [2.05, 4.69) is 0 Å². The van der Waals surface area contributed by atoms with Gasteiger partial charge >= 0.3 is 0 Å². The van der Waals surface area contributed by atoms with Crippen LogP contribution in [0, 0.1) is 6.92 Å². The first kappa shape index (κ1) is 16.1. The number of nitrogens with two attached hydrogens (primary N) is 1. The molecule has 0 amide bonds. The Hall–Kier alpha value is -0.930. The lowest BCUT2D eigenvalue weighted by Crippen LogP contribution is -1.97. The molecule has 0 radical (unpaired) electrons. The van der Waals surface area contributed by atoms with Crippen molar-refractivity contribution < 1.29 is 4.74 Å². The summed E-state index contributed by atoms with van der Waals surface area (Å²) >= 11 is 11.9. The van der Waals surface area contributed by atoms with Gasteiger partial charge in [0.15, 0.2) is 0 Å². The number of hydrogen-bond donors (Lipinski definition) is 1. The van der Waals surface area contributed by atoms with Gasteiger partial charge in [-0.2, -0.15) is 0 Å². The predicted molar refractivity (Wildman–Crippen MR) is 82.9 cm³/mol. The van der Waals surface area contributed by atoms with Crippen molar-refractivity contribution in [2.24, 2.45) is 5.73 Å². The second kappa shape index (κ2) is 7.01. The fourth-order valence-electron chi connectivity index (χ4n) is 1.63. The zero-order valence-electron chi connectivity index (χ0n) is 10.3. The van der Waals surface area contributed by atoms with E-state index in [-0.39, 0.29) is 12.4 Å². The molecule has 0 aliphatic heterocycles. The van der Waals surface area contributed by atoms with Gasteiger partial charge in [0.25, 0.3) is 0 Å². The monoisotopic (exact) mass is 317 g/mol. The molecule has 0 aliphatic rings. The molecule has 0 unspecified atom stereocenters. The quantitative estimate of drug-likeness (QED) is 0.866. The maximum Gasteiger partial charge on any atom is 0.146 e. The average molecular weight is 319 g/mol. The normalized spacial score (nSPS) is 9.89. The molecule has 0 aromatic heterocycles. The Morgan fingerprint density at radius 1 is 1.05 bits per heavy atom. The molecular formula is C14H14Cl3NO. The molecule has 2 rings (SSSR count). The van der Waals surface area contributed by atoms with Crippen molar-refractivity contribution in [3.8, 4) is 11.5 Å². The van der Waals surface area contributed by atoms with E-state index in [1.807, 2.05) is 25.1 Å². The summed E-state index contributed by atoms with van der Waals surface area (Å²) < 4.78 is 5.76. The van der Waals surface area contributed by atoms with E-state index in [1.165, 1.54) is 0 Å². The van der Waals surface area contributed by atoms with E-state index < -0.39 is 0 Å². The van der Waals surface area contributed by atoms with E-state index in [0.717, 1.165) is 16.9 Å². The van der Waals surface area contributed by atoms with Crippen LogP contribution < -0.4 is 10.5 Å². The van der Waals surface area contributed by atoms with Crippen molar-refractivity contribution in [2.45, 2.75) is 13.5 Å². The van der Waals surface area contributed by atoms with Crippen molar-refractivity contribution in [1.29, 1.82) is 0 Å². The largest absolute Gasteiger partial charge is 0.456 e. The minimum absolute atomic E-state index is 0. The number of benzene rings is 2. The second-order valence-corrected chi connectivity index (χ2v) is 4.82. The topological polar surface area (TPSA) is 35.2 Å². The standard InChI is InChI=1S/C14H13Cl2NO.ClH/c1-9-6-10(8-17)2-4-13(9)18-14-5-3-11(15)7-12(14)16;/h2-7H,8,17H2,1H3;1H. The molecule has 2 aromatic carbocycles. The van der Waals surface area contributed by atoms with Crippen LogP contribution in [0.25, 0.3) is 0 Å². The molecule has 0 heterocycles. The molecule has 102 valence electrons. The highest BCUT2D eigenvalue weighted by Crippen LogP contribution is 2.33. The fourth-order valence-corrected chi connectivity index (χ4v) is 2.08. The molecule has 5 heteroatoms. The molecule has 2 aromatic rings. The number of ether oxygens (including phenoxy) is 1. The predicted octanol–water partition coefficient (Wildman–Crippen LogP) is 4.97. The number of halogens is 3. The molecule has 0 aliphatic carbocycles. The Bertz CT molecular complexity index is 573. The van der Waals surface area contributed by atoms with Gasteiger partial charge in [0.05, 0.1) is 5.02 Å². The van der Waals surface area contributed by atoms with Gasteiger partial charge in [-0.25, -0.2) is 0 Å². The Morgan fingerprint density at radius 3 is 2.32 bits per heavy atom. The third kappa shape index (κ3) is 4.02. The Morgan fingerprint density at radius 2 is 1.74 bits per heavy atom. The van der Waals surface area contributed by atoms with Crippen LogP contribution in [0.3, 0.4) is 0 Å². The fraction of sp³-hybridized carbons (Fsp3) is 0.143. The van der Waals surface area contributed by atoms with Crippen molar-refractivity contribution in [3.05, 3.63) is 57.6 Å². The van der Waals surface area contributed by atoms with E-state index in [4.69, 9.17) is 33.7 Å². The summed E-state index contributed by atoms with van der Waals surface area (Å²) in [4.78, 5) is 0. The summed E-state index contributed by atoms with van der Waals surface area (Å²) in [5, 5.41) is 1.08. The third-order valence-electron chi connectivity index (χ3n) is 2.59. The molecule has 0 bridgehead atoms. The number of aryl methyl sites for hydroxylation is 1. The zero-order valence-corrected chi connectivity index (χ0v) is 12.6. The molecule has 0 fully saturated rings. The minimum atomic E-state index is 0. The van der Waals surface area contributed by atoms with E-state index in [9.17, 15) is 0 Å². The summed E-state index contributed by atoms with van der Waals surface area (Å²) in [6, 6.07) is 11.0. The van der Waals surface area contributed by atoms with Gasteiger partial charge in [0.1, 0.15) is 11.5 Å². The maximum absolute atomic E-state index is 6.06. The van der Waals surface area contributed by atoms with Gasteiger partial charge in [0.2, 0.25) is 0 Å². The molecule has 0 atom stereocenters. The lowest BCUT2D eigenvalue weighted by Gasteiger charge is -2.11. The van der Waals surface area contributed by atoms with Crippen LogP contribution in [-0.4, -0.2) is 0 Å². The van der Waals surface area contributed by atoms with Crippen LogP contribution in [0.4, 0.5) is 0 Å². The molecule has 0 spiro atoms. The summed E-state index contributed by atoms with van der Waals surface area (Å²) in [5.41, 5.74) is 7.67. The molecular weight excluding hydrogens is 305 g/mol. The highest BCUT2D eigenvalue weighted by atomic mass is 35.5. The molecule has 2 nitrogen and oxygen atoms in total. The lowest BCUT2D eigenvalue weighted by molar-refractivity contribution is 0.479. The first-order valence-electron chi connectivity index (χ1n) is 5.52. The van der Waals surface area contributed by atoms with E-state index in [1.54, 1.807) is 18.2 Å².